The minimum atomic E-state index is -0.206. The van der Waals surface area contributed by atoms with Gasteiger partial charge in [0.05, 0.1) is 21.3 Å². The van der Waals surface area contributed by atoms with Gasteiger partial charge in [0.25, 0.3) is 5.91 Å². The highest BCUT2D eigenvalue weighted by molar-refractivity contribution is 5.95. The Balaban J connectivity index is 1.88. The van der Waals surface area contributed by atoms with Gasteiger partial charge in [0.1, 0.15) is 0 Å². The Hall–Kier alpha value is -2.80. The third-order valence-corrected chi connectivity index (χ3v) is 3.57. The minimum Gasteiger partial charge on any atom is -0.493 e. The molecule has 0 atom stereocenters. The van der Waals surface area contributed by atoms with Crippen molar-refractivity contribution in [3.05, 3.63) is 47.8 Å². The van der Waals surface area contributed by atoms with Crippen molar-refractivity contribution in [2.45, 2.75) is 6.54 Å². The van der Waals surface area contributed by atoms with Crippen LogP contribution in [-0.2, 0) is 6.54 Å². The van der Waals surface area contributed by atoms with E-state index in [0.717, 1.165) is 5.56 Å². The summed E-state index contributed by atoms with van der Waals surface area (Å²) >= 11 is 0. The van der Waals surface area contributed by atoms with Gasteiger partial charge in [-0.25, -0.2) is 0 Å². The van der Waals surface area contributed by atoms with Crippen LogP contribution in [0.25, 0.3) is 0 Å². The second kappa shape index (κ2) is 9.48. The number of rotatable bonds is 9. The standard InChI is InChI=1S/C18H23N3O4/c1-23-15-9-14(10-16(24-2)17(15)25-3)18(22)21-8-7-20-12-13-5-4-6-19-11-13/h4-6,9-11,20H,7-8,12H2,1-3H3,(H,21,22). The maximum atomic E-state index is 12.3. The summed E-state index contributed by atoms with van der Waals surface area (Å²) < 4.78 is 15.8. The van der Waals surface area contributed by atoms with Crippen LogP contribution in [0.15, 0.2) is 36.7 Å². The van der Waals surface area contributed by atoms with Crippen molar-refractivity contribution in [3.8, 4) is 17.2 Å². The smallest absolute Gasteiger partial charge is 0.251 e. The van der Waals surface area contributed by atoms with Gasteiger partial charge in [0.2, 0.25) is 5.75 Å². The van der Waals surface area contributed by atoms with Crippen molar-refractivity contribution in [2.24, 2.45) is 0 Å². The van der Waals surface area contributed by atoms with Crippen molar-refractivity contribution in [3.63, 3.8) is 0 Å². The number of pyridine rings is 1. The summed E-state index contributed by atoms with van der Waals surface area (Å²) in [7, 11) is 4.55. The normalized spacial score (nSPS) is 10.2. The van der Waals surface area contributed by atoms with Crippen molar-refractivity contribution < 1.29 is 19.0 Å². The molecule has 0 aliphatic rings. The number of aromatic nitrogens is 1. The lowest BCUT2D eigenvalue weighted by Gasteiger charge is -2.14. The highest BCUT2D eigenvalue weighted by Gasteiger charge is 2.16. The lowest BCUT2D eigenvalue weighted by Crippen LogP contribution is -2.31. The van der Waals surface area contributed by atoms with Crippen molar-refractivity contribution >= 4 is 5.91 Å². The average molecular weight is 345 g/mol. The molecule has 134 valence electrons. The molecule has 7 heteroatoms. The summed E-state index contributed by atoms with van der Waals surface area (Å²) in [6.07, 6.45) is 3.54. The third-order valence-electron chi connectivity index (χ3n) is 3.57. The first-order valence-corrected chi connectivity index (χ1v) is 7.87. The van der Waals surface area contributed by atoms with Gasteiger partial charge >= 0.3 is 0 Å². The van der Waals surface area contributed by atoms with E-state index in [4.69, 9.17) is 14.2 Å². The number of nitrogens with one attached hydrogen (secondary N) is 2. The van der Waals surface area contributed by atoms with Gasteiger partial charge in [-0.2, -0.15) is 0 Å². The molecule has 25 heavy (non-hydrogen) atoms. The SMILES string of the molecule is COc1cc(C(=O)NCCNCc2cccnc2)cc(OC)c1OC. The molecule has 2 aromatic rings. The Morgan fingerprint density at radius 1 is 1.08 bits per heavy atom. The number of ether oxygens (including phenoxy) is 3. The number of amides is 1. The van der Waals surface area contributed by atoms with E-state index in [1.807, 2.05) is 18.3 Å². The first kappa shape index (κ1) is 18.5. The maximum absolute atomic E-state index is 12.3. The predicted molar refractivity (Wildman–Crippen MR) is 94.4 cm³/mol. The van der Waals surface area contributed by atoms with E-state index in [1.165, 1.54) is 21.3 Å². The van der Waals surface area contributed by atoms with E-state index in [2.05, 4.69) is 15.6 Å². The molecule has 1 aromatic heterocycles. The number of hydrogen-bond acceptors (Lipinski definition) is 6. The fourth-order valence-electron chi connectivity index (χ4n) is 2.31. The minimum absolute atomic E-state index is 0.206. The van der Waals surface area contributed by atoms with Gasteiger partial charge in [-0.05, 0) is 23.8 Å². The van der Waals surface area contributed by atoms with Gasteiger partial charge < -0.3 is 24.8 Å². The summed E-state index contributed by atoms with van der Waals surface area (Å²) in [5, 5.41) is 6.10. The number of benzene rings is 1. The zero-order valence-electron chi connectivity index (χ0n) is 14.7. The van der Waals surface area contributed by atoms with E-state index >= 15 is 0 Å². The second-order valence-electron chi connectivity index (χ2n) is 5.21. The Kier molecular flexibility index (Phi) is 7.03. The molecule has 0 unspecified atom stereocenters. The molecule has 1 amide bonds. The van der Waals surface area contributed by atoms with Crippen LogP contribution < -0.4 is 24.8 Å². The molecule has 0 bridgehead atoms. The zero-order valence-corrected chi connectivity index (χ0v) is 14.7. The highest BCUT2D eigenvalue weighted by atomic mass is 16.5. The van der Waals surface area contributed by atoms with E-state index in [9.17, 15) is 4.79 Å². The fraction of sp³-hybridized carbons (Fsp3) is 0.333. The fourth-order valence-corrected chi connectivity index (χ4v) is 2.31. The summed E-state index contributed by atoms with van der Waals surface area (Å²) in [5.74, 6) is 1.14. The van der Waals surface area contributed by atoms with Crippen LogP contribution in [-0.4, -0.2) is 45.3 Å². The maximum Gasteiger partial charge on any atom is 0.251 e. The van der Waals surface area contributed by atoms with Gasteiger partial charge in [0.15, 0.2) is 11.5 Å². The van der Waals surface area contributed by atoms with Gasteiger partial charge in [-0.1, -0.05) is 6.07 Å². The number of methoxy groups -OCH3 is 3. The topological polar surface area (TPSA) is 81.7 Å². The molecule has 0 aliphatic carbocycles. The molecule has 0 radical (unpaired) electrons. The Labute approximate surface area is 147 Å². The van der Waals surface area contributed by atoms with Crippen molar-refractivity contribution in [2.75, 3.05) is 34.4 Å². The second-order valence-corrected chi connectivity index (χ2v) is 5.21. The number of nitrogens with zero attached hydrogens (tertiary/aromatic N) is 1. The van der Waals surface area contributed by atoms with Crippen LogP contribution in [0.3, 0.4) is 0 Å². The highest BCUT2D eigenvalue weighted by Crippen LogP contribution is 2.38. The van der Waals surface area contributed by atoms with E-state index in [1.54, 1.807) is 18.3 Å². The van der Waals surface area contributed by atoms with Gasteiger partial charge in [0, 0.05) is 37.6 Å². The quantitative estimate of drug-likeness (QED) is 0.672. The van der Waals surface area contributed by atoms with E-state index in [0.29, 0.717) is 42.4 Å². The number of carbonyl (C=O) groups is 1. The Morgan fingerprint density at radius 3 is 2.36 bits per heavy atom. The molecule has 2 rings (SSSR count). The largest absolute Gasteiger partial charge is 0.493 e. The monoisotopic (exact) mass is 345 g/mol. The molecule has 0 saturated heterocycles. The lowest BCUT2D eigenvalue weighted by molar-refractivity contribution is 0.0953. The van der Waals surface area contributed by atoms with Crippen LogP contribution in [0.1, 0.15) is 15.9 Å². The number of hydrogen-bond donors (Lipinski definition) is 2. The average Bonchev–Trinajstić information content (AvgIpc) is 2.67. The van der Waals surface area contributed by atoms with E-state index < -0.39 is 0 Å². The summed E-state index contributed by atoms with van der Waals surface area (Å²) in [6, 6.07) is 7.14. The molecule has 1 aromatic carbocycles. The molecular formula is C18H23N3O4. The van der Waals surface area contributed by atoms with Gasteiger partial charge in [-0.15, -0.1) is 0 Å². The molecule has 2 N–H and O–H groups in total. The van der Waals surface area contributed by atoms with Gasteiger partial charge in [-0.3, -0.25) is 9.78 Å². The number of carbonyl (C=O) groups excluding carboxylic acids is 1. The van der Waals surface area contributed by atoms with E-state index in [-0.39, 0.29) is 5.91 Å². The molecule has 0 spiro atoms. The zero-order chi connectivity index (χ0) is 18.1. The molecule has 7 nitrogen and oxygen atoms in total. The summed E-state index contributed by atoms with van der Waals surface area (Å²) in [5.41, 5.74) is 1.54. The summed E-state index contributed by atoms with van der Waals surface area (Å²) in [6.45, 7) is 1.84. The van der Waals surface area contributed by atoms with Crippen LogP contribution in [0.4, 0.5) is 0 Å². The molecule has 0 fully saturated rings. The molecule has 0 aliphatic heterocycles. The molecule has 1 heterocycles. The lowest BCUT2D eigenvalue weighted by atomic mass is 10.1. The summed E-state index contributed by atoms with van der Waals surface area (Å²) in [4.78, 5) is 16.4. The first-order chi connectivity index (χ1) is 12.2. The Morgan fingerprint density at radius 2 is 1.80 bits per heavy atom. The van der Waals surface area contributed by atoms with Crippen LogP contribution in [0.5, 0.6) is 17.2 Å². The molecular weight excluding hydrogens is 322 g/mol. The first-order valence-electron chi connectivity index (χ1n) is 7.87. The predicted octanol–water partition coefficient (Wildman–Crippen LogP) is 1.63. The van der Waals surface area contributed by atoms with Crippen molar-refractivity contribution in [1.82, 2.24) is 15.6 Å². The van der Waals surface area contributed by atoms with Crippen LogP contribution in [0.2, 0.25) is 0 Å². The third kappa shape index (κ3) is 5.09. The van der Waals surface area contributed by atoms with Crippen molar-refractivity contribution in [1.29, 1.82) is 0 Å². The van der Waals surface area contributed by atoms with Crippen LogP contribution >= 0.6 is 0 Å². The molecule has 0 saturated carbocycles. The van der Waals surface area contributed by atoms with Crippen LogP contribution in [0, 0.1) is 0 Å². The Bertz CT molecular complexity index is 667.